The summed E-state index contributed by atoms with van der Waals surface area (Å²) in [5.74, 6) is 0.280. The summed E-state index contributed by atoms with van der Waals surface area (Å²) in [6, 6.07) is 5.22. The average molecular weight is 253 g/mol. The second-order valence-corrected chi connectivity index (χ2v) is 4.87. The predicted octanol–water partition coefficient (Wildman–Crippen LogP) is 2.45. The van der Waals surface area contributed by atoms with Gasteiger partial charge in [-0.3, -0.25) is 0 Å². The lowest BCUT2D eigenvalue weighted by Gasteiger charge is -2.39. The minimum absolute atomic E-state index is 0.270. The summed E-state index contributed by atoms with van der Waals surface area (Å²) in [6.45, 7) is 2.55. The van der Waals surface area contributed by atoms with Crippen LogP contribution in [-0.2, 0) is 10.3 Å². The fourth-order valence-electron chi connectivity index (χ4n) is 2.67. The van der Waals surface area contributed by atoms with Gasteiger partial charge in [-0.05, 0) is 38.9 Å². The zero-order chi connectivity index (χ0) is 13.2. The minimum Gasteiger partial charge on any atom is -0.496 e. The molecule has 1 saturated heterocycles. The molecular weight excluding hydrogens is 233 g/mol. The average Bonchev–Trinajstić information content (AvgIpc) is 2.38. The standard InChI is InChI=1S/C14H20FNO2/c1-14(9-10(16-2)7-8-18-14)13-11(15)5-4-6-12(13)17-3/h4-6,10,16H,7-9H2,1-3H3. The molecule has 2 rings (SSSR count). The van der Waals surface area contributed by atoms with Crippen molar-refractivity contribution in [2.45, 2.75) is 31.4 Å². The van der Waals surface area contributed by atoms with Crippen LogP contribution >= 0.6 is 0 Å². The van der Waals surface area contributed by atoms with Crippen molar-refractivity contribution in [3.8, 4) is 5.75 Å². The molecule has 1 aliphatic heterocycles. The molecule has 1 heterocycles. The van der Waals surface area contributed by atoms with Gasteiger partial charge in [-0.1, -0.05) is 6.07 Å². The Hall–Kier alpha value is -1.13. The Morgan fingerprint density at radius 3 is 2.94 bits per heavy atom. The highest BCUT2D eigenvalue weighted by molar-refractivity contribution is 5.39. The van der Waals surface area contributed by atoms with E-state index in [0.717, 1.165) is 12.8 Å². The third-order valence-corrected chi connectivity index (χ3v) is 3.66. The molecule has 100 valence electrons. The van der Waals surface area contributed by atoms with E-state index in [4.69, 9.17) is 9.47 Å². The lowest BCUT2D eigenvalue weighted by atomic mass is 9.85. The molecule has 1 aromatic carbocycles. The summed E-state index contributed by atoms with van der Waals surface area (Å²) in [5, 5.41) is 3.24. The molecule has 18 heavy (non-hydrogen) atoms. The topological polar surface area (TPSA) is 30.5 Å². The predicted molar refractivity (Wildman–Crippen MR) is 68.3 cm³/mol. The van der Waals surface area contributed by atoms with Crippen LogP contribution in [0, 0.1) is 5.82 Å². The summed E-state index contributed by atoms with van der Waals surface area (Å²) in [7, 11) is 3.48. The number of methoxy groups -OCH3 is 1. The van der Waals surface area contributed by atoms with Crippen LogP contribution in [0.15, 0.2) is 18.2 Å². The maximum absolute atomic E-state index is 14.1. The molecule has 1 fully saturated rings. The monoisotopic (exact) mass is 253 g/mol. The molecule has 0 aromatic heterocycles. The van der Waals surface area contributed by atoms with E-state index in [2.05, 4.69) is 5.32 Å². The highest BCUT2D eigenvalue weighted by Gasteiger charge is 2.38. The van der Waals surface area contributed by atoms with Crippen LogP contribution in [0.5, 0.6) is 5.75 Å². The number of hydrogen-bond acceptors (Lipinski definition) is 3. The van der Waals surface area contributed by atoms with Crippen molar-refractivity contribution in [3.05, 3.63) is 29.6 Å². The van der Waals surface area contributed by atoms with Gasteiger partial charge in [0.25, 0.3) is 0 Å². The molecule has 0 radical (unpaired) electrons. The Morgan fingerprint density at radius 1 is 1.50 bits per heavy atom. The summed E-state index contributed by atoms with van der Waals surface area (Å²) >= 11 is 0. The van der Waals surface area contributed by atoms with Crippen molar-refractivity contribution in [3.63, 3.8) is 0 Å². The second-order valence-electron chi connectivity index (χ2n) is 4.87. The number of ether oxygens (including phenoxy) is 2. The van der Waals surface area contributed by atoms with E-state index >= 15 is 0 Å². The van der Waals surface area contributed by atoms with Crippen LogP contribution < -0.4 is 10.1 Å². The van der Waals surface area contributed by atoms with E-state index in [-0.39, 0.29) is 5.82 Å². The fraction of sp³-hybridized carbons (Fsp3) is 0.571. The number of benzene rings is 1. The van der Waals surface area contributed by atoms with Crippen molar-refractivity contribution >= 4 is 0 Å². The first-order chi connectivity index (χ1) is 8.60. The zero-order valence-electron chi connectivity index (χ0n) is 11.1. The van der Waals surface area contributed by atoms with Crippen molar-refractivity contribution < 1.29 is 13.9 Å². The van der Waals surface area contributed by atoms with Crippen molar-refractivity contribution in [2.75, 3.05) is 20.8 Å². The molecule has 0 spiro atoms. The number of nitrogens with one attached hydrogen (secondary N) is 1. The summed E-state index contributed by atoms with van der Waals surface area (Å²) in [5.41, 5.74) is -0.116. The third kappa shape index (κ3) is 2.35. The first kappa shape index (κ1) is 13.3. The van der Waals surface area contributed by atoms with E-state index in [1.54, 1.807) is 19.2 Å². The van der Waals surface area contributed by atoms with Crippen LogP contribution in [0.25, 0.3) is 0 Å². The molecule has 1 aliphatic rings. The maximum atomic E-state index is 14.1. The Bertz CT molecular complexity index is 424. The summed E-state index contributed by atoms with van der Waals surface area (Å²) in [4.78, 5) is 0. The van der Waals surface area contributed by atoms with Gasteiger partial charge in [-0.2, -0.15) is 0 Å². The Balaban J connectivity index is 2.40. The first-order valence-corrected chi connectivity index (χ1v) is 6.25. The quantitative estimate of drug-likeness (QED) is 0.897. The van der Waals surface area contributed by atoms with Gasteiger partial charge in [0.1, 0.15) is 11.6 Å². The van der Waals surface area contributed by atoms with Gasteiger partial charge in [0.15, 0.2) is 0 Å². The van der Waals surface area contributed by atoms with Gasteiger partial charge < -0.3 is 14.8 Å². The Labute approximate surface area is 107 Å². The number of rotatable bonds is 3. The zero-order valence-corrected chi connectivity index (χ0v) is 11.1. The van der Waals surface area contributed by atoms with Crippen molar-refractivity contribution in [1.82, 2.24) is 5.32 Å². The fourth-order valence-corrected chi connectivity index (χ4v) is 2.67. The molecular formula is C14H20FNO2. The number of halogens is 1. The Morgan fingerprint density at radius 2 is 2.28 bits per heavy atom. The Kier molecular flexibility index (Phi) is 3.88. The largest absolute Gasteiger partial charge is 0.496 e. The molecule has 0 saturated carbocycles. The molecule has 0 amide bonds. The van der Waals surface area contributed by atoms with Crippen LogP contribution in [0.4, 0.5) is 4.39 Å². The number of hydrogen-bond donors (Lipinski definition) is 1. The first-order valence-electron chi connectivity index (χ1n) is 6.25. The van der Waals surface area contributed by atoms with Gasteiger partial charge in [-0.15, -0.1) is 0 Å². The summed E-state index contributed by atoms with van der Waals surface area (Å²) in [6.07, 6.45) is 1.68. The van der Waals surface area contributed by atoms with Crippen LogP contribution in [-0.4, -0.2) is 26.8 Å². The summed E-state index contributed by atoms with van der Waals surface area (Å²) < 4.78 is 25.2. The highest BCUT2D eigenvalue weighted by Crippen LogP contribution is 2.40. The SMILES string of the molecule is CNC1CCOC(C)(c2c(F)cccc2OC)C1. The smallest absolute Gasteiger partial charge is 0.133 e. The molecule has 4 heteroatoms. The lowest BCUT2D eigenvalue weighted by molar-refractivity contribution is -0.0834. The second kappa shape index (κ2) is 5.24. The van der Waals surface area contributed by atoms with Crippen molar-refractivity contribution in [1.29, 1.82) is 0 Å². The molecule has 0 bridgehead atoms. The molecule has 3 nitrogen and oxygen atoms in total. The van der Waals surface area contributed by atoms with E-state index in [1.807, 2.05) is 14.0 Å². The lowest BCUT2D eigenvalue weighted by Crippen LogP contribution is -2.43. The van der Waals surface area contributed by atoms with Crippen molar-refractivity contribution in [2.24, 2.45) is 0 Å². The maximum Gasteiger partial charge on any atom is 0.133 e. The van der Waals surface area contributed by atoms with Crippen LogP contribution in [0.2, 0.25) is 0 Å². The normalized spacial score (nSPS) is 28.1. The molecule has 0 aliphatic carbocycles. The molecule has 2 unspecified atom stereocenters. The van der Waals surface area contributed by atoms with E-state index < -0.39 is 5.60 Å². The minimum atomic E-state index is -0.636. The van der Waals surface area contributed by atoms with Crippen LogP contribution in [0.1, 0.15) is 25.3 Å². The molecule has 2 atom stereocenters. The van der Waals surface area contributed by atoms with Gasteiger partial charge in [-0.25, -0.2) is 4.39 Å². The third-order valence-electron chi connectivity index (χ3n) is 3.66. The van der Waals surface area contributed by atoms with E-state index in [0.29, 0.717) is 24.0 Å². The molecule has 1 aromatic rings. The highest BCUT2D eigenvalue weighted by atomic mass is 19.1. The van der Waals surface area contributed by atoms with Gasteiger partial charge in [0, 0.05) is 12.6 Å². The van der Waals surface area contributed by atoms with E-state index in [1.165, 1.54) is 6.07 Å². The van der Waals surface area contributed by atoms with E-state index in [9.17, 15) is 4.39 Å². The van der Waals surface area contributed by atoms with Gasteiger partial charge in [0.05, 0.1) is 18.3 Å². The molecule has 1 N–H and O–H groups in total. The van der Waals surface area contributed by atoms with Gasteiger partial charge >= 0.3 is 0 Å². The van der Waals surface area contributed by atoms with Gasteiger partial charge in [0.2, 0.25) is 0 Å². The van der Waals surface area contributed by atoms with Crippen LogP contribution in [0.3, 0.4) is 0 Å².